The molecule has 3 rings (SSSR count). The number of anilines is 1. The van der Waals surface area contributed by atoms with E-state index in [1.165, 1.54) is 10.5 Å². The molecule has 1 aliphatic carbocycles. The molecule has 0 aliphatic heterocycles. The summed E-state index contributed by atoms with van der Waals surface area (Å²) in [7, 11) is 1.64. The quantitative estimate of drug-likeness (QED) is 0.867. The molecular weight excluding hydrogens is 326 g/mol. The fraction of sp³-hybridized carbons (Fsp3) is 0.333. The van der Waals surface area contributed by atoms with Gasteiger partial charge in [0, 0.05) is 24.7 Å². The lowest BCUT2D eigenvalue weighted by Gasteiger charge is -2.18. The van der Waals surface area contributed by atoms with Crippen LogP contribution in [0, 0.1) is 13.8 Å². The number of hydrogen-bond acceptors (Lipinski definition) is 2. The fourth-order valence-corrected chi connectivity index (χ4v) is 3.06. The fourth-order valence-electron chi connectivity index (χ4n) is 3.06. The van der Waals surface area contributed by atoms with Crippen molar-refractivity contribution >= 4 is 17.6 Å². The second-order valence-electron chi connectivity index (χ2n) is 6.96. The van der Waals surface area contributed by atoms with E-state index in [2.05, 4.69) is 22.8 Å². The van der Waals surface area contributed by atoms with Gasteiger partial charge in [-0.2, -0.15) is 0 Å². The molecule has 1 saturated carbocycles. The summed E-state index contributed by atoms with van der Waals surface area (Å²) in [6, 6.07) is 15.9. The average molecular weight is 351 g/mol. The van der Waals surface area contributed by atoms with Gasteiger partial charge in [-0.05, 0) is 43.0 Å². The highest BCUT2D eigenvalue weighted by atomic mass is 16.2. The summed E-state index contributed by atoms with van der Waals surface area (Å²) in [6.07, 6.45) is 0.943. The molecule has 0 unspecified atom stereocenters. The number of nitrogens with zero attached hydrogens (tertiary/aromatic N) is 1. The Labute approximate surface area is 154 Å². The van der Waals surface area contributed by atoms with Gasteiger partial charge in [0.25, 0.3) is 0 Å². The highest BCUT2D eigenvalue weighted by Gasteiger charge is 2.39. The van der Waals surface area contributed by atoms with Gasteiger partial charge in [-0.25, -0.2) is 4.79 Å². The Morgan fingerprint density at radius 1 is 1.08 bits per heavy atom. The van der Waals surface area contributed by atoms with Crippen molar-refractivity contribution in [2.75, 3.05) is 18.9 Å². The van der Waals surface area contributed by atoms with Crippen molar-refractivity contribution in [2.45, 2.75) is 32.2 Å². The zero-order valence-electron chi connectivity index (χ0n) is 15.5. The molecule has 2 aromatic carbocycles. The second kappa shape index (κ2) is 7.60. The molecule has 2 N–H and O–H groups in total. The molecule has 5 nitrogen and oxygen atoms in total. The van der Waals surface area contributed by atoms with Crippen LogP contribution in [0.2, 0.25) is 0 Å². The molecule has 5 heteroatoms. The molecule has 2 aromatic rings. The molecule has 2 atom stereocenters. The Hall–Kier alpha value is -2.82. The third-order valence-electron chi connectivity index (χ3n) is 4.93. The summed E-state index contributed by atoms with van der Waals surface area (Å²) in [5, 5.41) is 5.88. The molecule has 0 heterocycles. The molecule has 0 radical (unpaired) electrons. The number of benzene rings is 2. The van der Waals surface area contributed by atoms with Crippen LogP contribution in [0.25, 0.3) is 0 Å². The standard InChI is InChI=1S/C21H25N3O2/c1-14-8-7-11-18(15(14)2)22-20(25)13-24(3)21(26)23-19-12-17(19)16-9-5-4-6-10-16/h4-11,17,19H,12-13H2,1-3H3,(H,22,25)(H,23,26)/t17-,19+/m0/s1. The lowest BCUT2D eigenvalue weighted by Crippen LogP contribution is -2.42. The molecule has 1 fully saturated rings. The Morgan fingerprint density at radius 3 is 2.54 bits per heavy atom. The minimum Gasteiger partial charge on any atom is -0.335 e. The summed E-state index contributed by atoms with van der Waals surface area (Å²) in [6.45, 7) is 3.99. The van der Waals surface area contributed by atoms with E-state index in [9.17, 15) is 9.59 Å². The first kappa shape index (κ1) is 18.0. The monoisotopic (exact) mass is 351 g/mol. The Morgan fingerprint density at radius 2 is 1.81 bits per heavy atom. The van der Waals surface area contributed by atoms with E-state index >= 15 is 0 Å². The van der Waals surface area contributed by atoms with Crippen molar-refractivity contribution in [1.82, 2.24) is 10.2 Å². The predicted octanol–water partition coefficient (Wildman–Crippen LogP) is 3.44. The van der Waals surface area contributed by atoms with Gasteiger partial charge >= 0.3 is 6.03 Å². The van der Waals surface area contributed by atoms with Crippen LogP contribution in [0.5, 0.6) is 0 Å². The van der Waals surface area contributed by atoms with Crippen molar-refractivity contribution in [3.8, 4) is 0 Å². The Kier molecular flexibility index (Phi) is 5.26. The maximum absolute atomic E-state index is 12.3. The Balaban J connectivity index is 1.48. The van der Waals surface area contributed by atoms with E-state index in [-0.39, 0.29) is 24.5 Å². The first-order valence-electron chi connectivity index (χ1n) is 8.88. The van der Waals surface area contributed by atoms with Gasteiger partial charge in [0.2, 0.25) is 5.91 Å². The first-order valence-corrected chi connectivity index (χ1v) is 8.88. The van der Waals surface area contributed by atoms with Crippen LogP contribution in [-0.2, 0) is 4.79 Å². The SMILES string of the molecule is Cc1cccc(NC(=O)CN(C)C(=O)N[C@@H]2C[C@H]2c2ccccc2)c1C. The molecule has 136 valence electrons. The number of rotatable bonds is 5. The van der Waals surface area contributed by atoms with E-state index in [1.54, 1.807) is 7.05 Å². The summed E-state index contributed by atoms with van der Waals surface area (Å²) >= 11 is 0. The smallest absolute Gasteiger partial charge is 0.317 e. The van der Waals surface area contributed by atoms with Crippen molar-refractivity contribution in [2.24, 2.45) is 0 Å². The van der Waals surface area contributed by atoms with E-state index in [4.69, 9.17) is 0 Å². The van der Waals surface area contributed by atoms with Crippen LogP contribution in [0.4, 0.5) is 10.5 Å². The second-order valence-corrected chi connectivity index (χ2v) is 6.96. The van der Waals surface area contributed by atoms with Gasteiger partial charge in [-0.3, -0.25) is 4.79 Å². The number of aryl methyl sites for hydroxylation is 1. The lowest BCUT2D eigenvalue weighted by molar-refractivity contribution is -0.116. The molecule has 0 bridgehead atoms. The molecule has 3 amide bonds. The van der Waals surface area contributed by atoms with Crippen LogP contribution in [0.3, 0.4) is 0 Å². The molecule has 1 aliphatic rings. The summed E-state index contributed by atoms with van der Waals surface area (Å²) < 4.78 is 0. The molecular formula is C21H25N3O2. The zero-order valence-corrected chi connectivity index (χ0v) is 15.5. The van der Waals surface area contributed by atoms with Gasteiger partial charge in [0.05, 0.1) is 0 Å². The first-order chi connectivity index (χ1) is 12.5. The lowest BCUT2D eigenvalue weighted by atomic mass is 10.1. The number of hydrogen-bond donors (Lipinski definition) is 2. The number of urea groups is 1. The van der Waals surface area contributed by atoms with Crippen molar-refractivity contribution < 1.29 is 9.59 Å². The third kappa shape index (κ3) is 4.23. The number of carbonyl (C=O) groups excluding carboxylic acids is 2. The molecule has 0 saturated heterocycles. The van der Waals surface area contributed by atoms with Crippen molar-refractivity contribution in [3.63, 3.8) is 0 Å². The molecule has 0 spiro atoms. The van der Waals surface area contributed by atoms with Crippen LogP contribution < -0.4 is 10.6 Å². The van der Waals surface area contributed by atoms with E-state index in [0.29, 0.717) is 5.92 Å². The maximum Gasteiger partial charge on any atom is 0.317 e. The zero-order chi connectivity index (χ0) is 18.7. The van der Waals surface area contributed by atoms with E-state index in [1.807, 2.05) is 50.2 Å². The minimum atomic E-state index is -0.218. The van der Waals surface area contributed by atoms with Gasteiger partial charge in [-0.15, -0.1) is 0 Å². The van der Waals surface area contributed by atoms with Gasteiger partial charge in [0.15, 0.2) is 0 Å². The van der Waals surface area contributed by atoms with Crippen molar-refractivity contribution in [1.29, 1.82) is 0 Å². The highest BCUT2D eigenvalue weighted by Crippen LogP contribution is 2.40. The minimum absolute atomic E-state index is 0.0158. The van der Waals surface area contributed by atoms with Crippen LogP contribution in [-0.4, -0.2) is 36.5 Å². The summed E-state index contributed by atoms with van der Waals surface area (Å²) in [4.78, 5) is 26.0. The number of carbonyl (C=O) groups is 2. The van der Waals surface area contributed by atoms with E-state index < -0.39 is 0 Å². The maximum atomic E-state index is 12.3. The largest absolute Gasteiger partial charge is 0.335 e. The third-order valence-corrected chi connectivity index (χ3v) is 4.93. The highest BCUT2D eigenvalue weighted by molar-refractivity contribution is 5.95. The van der Waals surface area contributed by atoms with Gasteiger partial charge in [-0.1, -0.05) is 42.5 Å². The van der Waals surface area contributed by atoms with Gasteiger partial charge in [0.1, 0.15) is 6.54 Å². The van der Waals surface area contributed by atoms with Gasteiger partial charge < -0.3 is 15.5 Å². The number of nitrogens with one attached hydrogen (secondary N) is 2. The van der Waals surface area contributed by atoms with E-state index in [0.717, 1.165) is 23.2 Å². The molecule has 26 heavy (non-hydrogen) atoms. The molecule has 0 aromatic heterocycles. The summed E-state index contributed by atoms with van der Waals surface area (Å²) in [5.41, 5.74) is 4.19. The number of amides is 3. The Bertz CT molecular complexity index is 804. The summed E-state index contributed by atoms with van der Waals surface area (Å²) in [5.74, 6) is 0.170. The normalized spacial score (nSPS) is 18.1. The van der Waals surface area contributed by atoms with Crippen LogP contribution >= 0.6 is 0 Å². The van der Waals surface area contributed by atoms with Crippen LogP contribution in [0.1, 0.15) is 29.0 Å². The topological polar surface area (TPSA) is 61.4 Å². The van der Waals surface area contributed by atoms with Crippen molar-refractivity contribution in [3.05, 3.63) is 65.2 Å². The van der Waals surface area contributed by atoms with Crippen LogP contribution in [0.15, 0.2) is 48.5 Å². The predicted molar refractivity (Wildman–Crippen MR) is 103 cm³/mol. The number of likely N-dealkylation sites (N-methyl/N-ethyl adjacent to an activating group) is 1. The average Bonchev–Trinajstić information content (AvgIpc) is 3.38.